The molecule has 0 fully saturated rings. The standard InChI is InChI=1S/C4H9NO2/c1-2-3(5)4(6)7/h3H,2,5H2,1H3,(H,6,7)/t3-/m0/s1/i1+1,2+1. The van der Waals surface area contributed by atoms with Crippen LogP contribution < -0.4 is 5.73 Å². The molecule has 0 bridgehead atoms. The fourth-order valence-corrected chi connectivity index (χ4v) is 0.175. The summed E-state index contributed by atoms with van der Waals surface area (Å²) in [6, 6.07) is -0.681. The summed E-state index contributed by atoms with van der Waals surface area (Å²) in [4.78, 5) is 9.81. The monoisotopic (exact) mass is 105 g/mol. The van der Waals surface area contributed by atoms with Crippen LogP contribution in [0.5, 0.6) is 0 Å². The molecule has 0 spiro atoms. The Bertz CT molecular complexity index is 72.1. The predicted molar refractivity (Wildman–Crippen MR) is 25.9 cm³/mol. The van der Waals surface area contributed by atoms with Crippen LogP contribution in [0.4, 0.5) is 0 Å². The van der Waals surface area contributed by atoms with Crippen molar-refractivity contribution in [2.45, 2.75) is 19.4 Å². The van der Waals surface area contributed by atoms with Crippen molar-refractivity contribution < 1.29 is 9.90 Å². The fourth-order valence-electron chi connectivity index (χ4n) is 0.175. The first kappa shape index (κ1) is 6.43. The molecule has 0 amide bonds. The Morgan fingerprint density at radius 2 is 2.43 bits per heavy atom. The number of hydrogen-bond donors (Lipinski definition) is 2. The van der Waals surface area contributed by atoms with Crippen molar-refractivity contribution in [3.63, 3.8) is 0 Å². The summed E-state index contributed by atoms with van der Waals surface area (Å²) >= 11 is 0. The van der Waals surface area contributed by atoms with E-state index in [-0.39, 0.29) is 0 Å². The Labute approximate surface area is 42.1 Å². The average Bonchev–Trinajstić information content (AvgIpc) is 1.65. The summed E-state index contributed by atoms with van der Waals surface area (Å²) in [5.74, 6) is -0.928. The maximum Gasteiger partial charge on any atom is 0.320 e. The van der Waals surface area contributed by atoms with Crippen LogP contribution in [0.1, 0.15) is 13.3 Å². The van der Waals surface area contributed by atoms with E-state index in [9.17, 15) is 4.79 Å². The van der Waals surface area contributed by atoms with E-state index in [0.29, 0.717) is 6.42 Å². The van der Waals surface area contributed by atoms with Gasteiger partial charge in [0.15, 0.2) is 0 Å². The van der Waals surface area contributed by atoms with Crippen LogP contribution in [0, 0.1) is 0 Å². The summed E-state index contributed by atoms with van der Waals surface area (Å²) in [7, 11) is 0. The van der Waals surface area contributed by atoms with Gasteiger partial charge in [-0.05, 0) is 6.42 Å². The zero-order valence-corrected chi connectivity index (χ0v) is 4.22. The van der Waals surface area contributed by atoms with Crippen LogP contribution >= 0.6 is 0 Å². The van der Waals surface area contributed by atoms with Crippen LogP contribution in [0.15, 0.2) is 0 Å². The van der Waals surface area contributed by atoms with Gasteiger partial charge in [-0.15, -0.1) is 0 Å². The van der Waals surface area contributed by atoms with Crippen LogP contribution in [-0.4, -0.2) is 17.1 Å². The lowest BCUT2D eigenvalue weighted by Crippen LogP contribution is -2.28. The molecule has 3 heteroatoms. The Balaban J connectivity index is 3.34. The highest BCUT2D eigenvalue weighted by Crippen LogP contribution is 1.82. The lowest BCUT2D eigenvalue weighted by molar-refractivity contribution is -0.138. The topological polar surface area (TPSA) is 63.3 Å². The molecule has 1 atom stereocenters. The SMILES string of the molecule is [13CH3][13CH2][C@H](N)C(=O)O. The Morgan fingerprint density at radius 1 is 2.00 bits per heavy atom. The third kappa shape index (κ3) is 2.17. The van der Waals surface area contributed by atoms with E-state index in [1.54, 1.807) is 6.92 Å². The lowest BCUT2D eigenvalue weighted by atomic mass is 10.5. The molecule has 0 aliphatic carbocycles. The van der Waals surface area contributed by atoms with E-state index in [1.165, 1.54) is 0 Å². The quantitative estimate of drug-likeness (QED) is 0.478. The first-order valence-electron chi connectivity index (χ1n) is 2.17. The van der Waals surface area contributed by atoms with Gasteiger partial charge in [-0.2, -0.15) is 0 Å². The number of carboxylic acid groups (broad SMARTS) is 1. The molecule has 0 rings (SSSR count). The predicted octanol–water partition coefficient (Wildman–Crippen LogP) is -0.192. The number of aliphatic carboxylic acids is 1. The summed E-state index contributed by atoms with van der Waals surface area (Å²) in [6.07, 6.45) is 0.495. The van der Waals surface area contributed by atoms with Gasteiger partial charge in [-0.25, -0.2) is 0 Å². The first-order valence-corrected chi connectivity index (χ1v) is 2.17. The molecule has 0 aromatic rings. The van der Waals surface area contributed by atoms with Gasteiger partial charge in [0.1, 0.15) is 6.04 Å². The van der Waals surface area contributed by atoms with E-state index < -0.39 is 12.0 Å². The minimum absolute atomic E-state index is 0.495. The zero-order chi connectivity index (χ0) is 5.86. The van der Waals surface area contributed by atoms with E-state index >= 15 is 0 Å². The third-order valence-electron chi connectivity index (χ3n) is 0.757. The molecule has 0 aromatic heterocycles. The summed E-state index contributed by atoms with van der Waals surface area (Å²) in [5.41, 5.74) is 5.02. The molecule has 0 saturated carbocycles. The Morgan fingerprint density at radius 3 is 2.43 bits per heavy atom. The molecular weight excluding hydrogens is 96.0 g/mol. The van der Waals surface area contributed by atoms with Crippen molar-refractivity contribution in [1.82, 2.24) is 0 Å². The normalized spacial score (nSPS) is 13.4. The molecule has 42 valence electrons. The third-order valence-corrected chi connectivity index (χ3v) is 0.757. The van der Waals surface area contributed by atoms with Crippen LogP contribution in [-0.2, 0) is 4.79 Å². The maximum atomic E-state index is 9.81. The summed E-state index contributed by atoms with van der Waals surface area (Å²) in [5, 5.41) is 8.06. The molecule has 0 heterocycles. The van der Waals surface area contributed by atoms with Crippen molar-refractivity contribution in [2.75, 3.05) is 0 Å². The second-order valence-corrected chi connectivity index (χ2v) is 1.35. The maximum absolute atomic E-state index is 9.81. The highest BCUT2D eigenvalue weighted by atomic mass is 16.4. The average molecular weight is 105 g/mol. The molecule has 3 N–H and O–H groups in total. The highest BCUT2D eigenvalue weighted by Gasteiger charge is 2.05. The minimum Gasteiger partial charge on any atom is -0.480 e. The molecular formula is C4H9NO2. The Hall–Kier alpha value is -0.570. The van der Waals surface area contributed by atoms with E-state index in [0.717, 1.165) is 0 Å². The minimum atomic E-state index is -0.928. The number of carboxylic acids is 1. The van der Waals surface area contributed by atoms with Crippen LogP contribution in [0.2, 0.25) is 0 Å². The van der Waals surface area contributed by atoms with Gasteiger partial charge in [-0.1, -0.05) is 6.92 Å². The summed E-state index contributed by atoms with van der Waals surface area (Å²) in [6.45, 7) is 1.73. The largest absolute Gasteiger partial charge is 0.480 e. The molecule has 0 aliphatic heterocycles. The smallest absolute Gasteiger partial charge is 0.320 e. The molecule has 0 aliphatic rings. The van der Waals surface area contributed by atoms with Gasteiger partial charge in [0.05, 0.1) is 0 Å². The molecule has 0 radical (unpaired) electrons. The van der Waals surface area contributed by atoms with Gasteiger partial charge in [-0.3, -0.25) is 4.79 Å². The lowest BCUT2D eigenvalue weighted by Gasteiger charge is -1.97. The van der Waals surface area contributed by atoms with E-state index in [2.05, 4.69) is 0 Å². The fraction of sp³-hybridized carbons (Fsp3) is 0.750. The zero-order valence-electron chi connectivity index (χ0n) is 4.22. The first-order chi connectivity index (χ1) is 3.18. The van der Waals surface area contributed by atoms with Crippen LogP contribution in [0.25, 0.3) is 0 Å². The van der Waals surface area contributed by atoms with Crippen molar-refractivity contribution in [3.05, 3.63) is 0 Å². The van der Waals surface area contributed by atoms with Crippen molar-refractivity contribution in [1.29, 1.82) is 0 Å². The number of hydrogen-bond acceptors (Lipinski definition) is 2. The molecule has 0 aromatic carbocycles. The van der Waals surface area contributed by atoms with Crippen molar-refractivity contribution >= 4 is 5.97 Å². The van der Waals surface area contributed by atoms with Gasteiger partial charge in [0, 0.05) is 0 Å². The molecule has 0 saturated heterocycles. The summed E-state index contributed by atoms with van der Waals surface area (Å²) < 4.78 is 0. The number of carbonyl (C=O) groups is 1. The van der Waals surface area contributed by atoms with Crippen LogP contribution in [0.3, 0.4) is 0 Å². The molecule has 0 unspecified atom stereocenters. The van der Waals surface area contributed by atoms with Crippen molar-refractivity contribution in [2.24, 2.45) is 5.73 Å². The van der Waals surface area contributed by atoms with E-state index in [4.69, 9.17) is 10.8 Å². The molecule has 3 nitrogen and oxygen atoms in total. The molecule has 7 heavy (non-hydrogen) atoms. The van der Waals surface area contributed by atoms with Gasteiger partial charge >= 0.3 is 5.97 Å². The highest BCUT2D eigenvalue weighted by molar-refractivity contribution is 5.72. The number of nitrogens with two attached hydrogens (primary N) is 1. The second-order valence-electron chi connectivity index (χ2n) is 1.35. The van der Waals surface area contributed by atoms with Crippen molar-refractivity contribution in [3.8, 4) is 0 Å². The van der Waals surface area contributed by atoms with Gasteiger partial charge in [0.25, 0.3) is 0 Å². The van der Waals surface area contributed by atoms with Gasteiger partial charge < -0.3 is 10.8 Å². The Kier molecular flexibility index (Phi) is 2.37. The second kappa shape index (κ2) is 2.58. The number of rotatable bonds is 2. The van der Waals surface area contributed by atoms with Gasteiger partial charge in [0.2, 0.25) is 0 Å². The van der Waals surface area contributed by atoms with E-state index in [1.807, 2.05) is 0 Å².